The van der Waals surface area contributed by atoms with Gasteiger partial charge >= 0.3 is 7.25 Å². The summed E-state index contributed by atoms with van der Waals surface area (Å²) in [7, 11) is -0.152. The molecule has 0 aliphatic carbocycles. The van der Waals surface area contributed by atoms with Crippen molar-refractivity contribution in [2.45, 2.75) is 6.54 Å². The Labute approximate surface area is 123 Å². The first-order chi connectivity index (χ1) is 9.83. The summed E-state index contributed by atoms with van der Waals surface area (Å²) in [5, 5.41) is 14.3. The smallest absolute Gasteiger partial charge is 0.418 e. The second kappa shape index (κ2) is 7.62. The van der Waals surface area contributed by atoms with Crippen LogP contribution < -0.4 is 0 Å². The molecule has 0 amide bonds. The lowest BCUT2D eigenvalue weighted by molar-refractivity contribution is -0.884. The first-order valence-corrected chi connectivity index (χ1v) is 5.83. The molecule has 0 fully saturated rings. The number of benzene rings is 1. The largest absolute Gasteiger partial charge is 0.673 e. The Morgan fingerprint density at radius 2 is 1.82 bits per heavy atom. The van der Waals surface area contributed by atoms with E-state index >= 15 is 0 Å². The Bertz CT molecular complexity index is 576. The molecule has 7 nitrogen and oxygen atoms in total. The zero-order valence-electron chi connectivity index (χ0n) is 12.1. The van der Waals surface area contributed by atoms with Crippen molar-refractivity contribution in [3.63, 3.8) is 0 Å². The van der Waals surface area contributed by atoms with Gasteiger partial charge in [-0.2, -0.15) is 0 Å². The van der Waals surface area contributed by atoms with Crippen LogP contribution in [-0.2, 0) is 6.54 Å². The molecule has 122 valence electrons. The molecule has 0 atom stereocenters. The topological polar surface area (TPSA) is 91.9 Å². The van der Waals surface area contributed by atoms with Crippen LogP contribution in [-0.4, -0.2) is 37.8 Å². The number of nitro benzene ring substituents is 1. The van der Waals surface area contributed by atoms with Gasteiger partial charge in [0.15, 0.2) is 0 Å². The van der Waals surface area contributed by atoms with E-state index in [2.05, 4.69) is 10.0 Å². The van der Waals surface area contributed by atoms with Crippen LogP contribution in [0.15, 0.2) is 23.3 Å². The fraction of sp³-hybridized carbons (Fsp3) is 0.400. The van der Waals surface area contributed by atoms with Crippen LogP contribution in [0.3, 0.4) is 0 Å². The zero-order chi connectivity index (χ0) is 17.6. The van der Waals surface area contributed by atoms with Gasteiger partial charge in [-0.05, 0) is 11.6 Å². The predicted molar refractivity (Wildman–Crippen MR) is 73.8 cm³/mol. The summed E-state index contributed by atoms with van der Waals surface area (Å²) < 4.78 is 39.6. The van der Waals surface area contributed by atoms with Crippen LogP contribution >= 0.6 is 0 Å². The maximum absolute atomic E-state index is 10.9. The fourth-order valence-electron chi connectivity index (χ4n) is 1.48. The number of nitro groups is 1. The molecule has 22 heavy (non-hydrogen) atoms. The number of hydrogen-bond acceptors (Lipinski definition) is 3. The van der Waals surface area contributed by atoms with E-state index in [9.17, 15) is 27.4 Å². The van der Waals surface area contributed by atoms with E-state index in [0.29, 0.717) is 16.6 Å². The summed E-state index contributed by atoms with van der Waals surface area (Å²) >= 11 is 0. The lowest BCUT2D eigenvalue weighted by Crippen LogP contribution is -2.33. The second-order valence-electron chi connectivity index (χ2n) is 5.20. The maximum atomic E-state index is 10.9. The molecule has 0 unspecified atom stereocenters. The quantitative estimate of drug-likeness (QED) is 0.122. The third-order valence-corrected chi connectivity index (χ3v) is 2.07. The van der Waals surface area contributed by atoms with Gasteiger partial charge in [0.1, 0.15) is 6.54 Å². The van der Waals surface area contributed by atoms with Gasteiger partial charge < -0.3 is 21.7 Å². The van der Waals surface area contributed by atoms with Crippen LogP contribution in [0.2, 0.25) is 0 Å². The van der Waals surface area contributed by atoms with Gasteiger partial charge in [0.05, 0.1) is 31.6 Å². The van der Waals surface area contributed by atoms with Crippen molar-refractivity contribution in [2.24, 2.45) is 5.11 Å². The normalized spacial score (nSPS) is 11.0. The molecule has 0 bridgehead atoms. The summed E-state index contributed by atoms with van der Waals surface area (Å²) in [5.41, 5.74) is 9.16. The predicted octanol–water partition coefficient (Wildman–Crippen LogP) is 4.04. The van der Waals surface area contributed by atoms with Gasteiger partial charge in [0, 0.05) is 16.7 Å². The molecule has 0 spiro atoms. The number of quaternary nitrogens is 1. The Morgan fingerprint density at radius 3 is 2.18 bits per heavy atom. The van der Waals surface area contributed by atoms with Crippen LogP contribution in [0, 0.1) is 10.1 Å². The van der Waals surface area contributed by atoms with E-state index in [1.54, 1.807) is 12.1 Å². The third-order valence-electron chi connectivity index (χ3n) is 2.07. The van der Waals surface area contributed by atoms with Crippen molar-refractivity contribution in [3.8, 4) is 0 Å². The van der Waals surface area contributed by atoms with Gasteiger partial charge in [-0.15, -0.1) is 0 Å². The highest BCUT2D eigenvalue weighted by molar-refractivity contribution is 6.50. The van der Waals surface area contributed by atoms with Crippen molar-refractivity contribution in [1.82, 2.24) is 0 Å². The van der Waals surface area contributed by atoms with Gasteiger partial charge in [-0.3, -0.25) is 10.1 Å². The average Bonchev–Trinajstić information content (AvgIpc) is 2.27. The number of rotatable bonds is 4. The monoisotopic (exact) mass is 323 g/mol. The number of nitrogens with zero attached hydrogens (tertiary/aromatic N) is 5. The molecule has 1 aromatic rings. The highest BCUT2D eigenvalue weighted by Gasteiger charge is 2.21. The van der Waals surface area contributed by atoms with Gasteiger partial charge in [-0.1, -0.05) is 11.2 Å². The van der Waals surface area contributed by atoms with Gasteiger partial charge in [0.2, 0.25) is 0 Å². The molecule has 1 rings (SSSR count). The summed E-state index contributed by atoms with van der Waals surface area (Å²) in [5.74, 6) is 0. The Morgan fingerprint density at radius 1 is 1.32 bits per heavy atom. The third kappa shape index (κ3) is 9.56. The Balaban J connectivity index is 0.000000763. The van der Waals surface area contributed by atoms with Crippen molar-refractivity contribution in [2.75, 3.05) is 21.1 Å². The summed E-state index contributed by atoms with van der Waals surface area (Å²) in [4.78, 5) is 13.1. The summed E-state index contributed by atoms with van der Waals surface area (Å²) in [6, 6.07) is 4.51. The van der Waals surface area contributed by atoms with Crippen LogP contribution in [0.5, 0.6) is 0 Å². The average molecular weight is 323 g/mol. The Hall–Kier alpha value is -2.33. The van der Waals surface area contributed by atoms with Gasteiger partial charge in [0.25, 0.3) is 5.69 Å². The molecule has 0 N–H and O–H groups in total. The maximum Gasteiger partial charge on any atom is 0.673 e. The lowest BCUT2D eigenvalue weighted by Gasteiger charge is -2.23. The molecule has 0 aliphatic rings. The van der Waals surface area contributed by atoms with Crippen molar-refractivity contribution in [1.29, 1.82) is 0 Å². The van der Waals surface area contributed by atoms with E-state index < -0.39 is 12.2 Å². The molecule has 0 saturated heterocycles. The SMILES string of the molecule is C[N+](C)(C)Cc1ccc(N=[N+]=[N-])cc1[N+](=O)[O-].F[B-](F)(F)F. The second-order valence-corrected chi connectivity index (χ2v) is 5.20. The summed E-state index contributed by atoms with van der Waals surface area (Å²) in [6.45, 7) is 0.535. The molecule has 0 radical (unpaired) electrons. The molecular formula is C10H14BF4N5O2. The molecule has 1 aromatic carbocycles. The highest BCUT2D eigenvalue weighted by Crippen LogP contribution is 2.26. The minimum Gasteiger partial charge on any atom is -0.418 e. The molecule has 12 heteroatoms. The van der Waals surface area contributed by atoms with Crippen molar-refractivity contribution in [3.05, 3.63) is 44.3 Å². The van der Waals surface area contributed by atoms with Crippen molar-refractivity contribution < 1.29 is 26.7 Å². The first-order valence-electron chi connectivity index (χ1n) is 5.83. The minimum atomic E-state index is -6.00. The van der Waals surface area contributed by atoms with Crippen LogP contribution in [0.25, 0.3) is 10.4 Å². The molecule has 0 aliphatic heterocycles. The first kappa shape index (κ1) is 19.7. The molecule has 0 heterocycles. The van der Waals surface area contributed by atoms with Gasteiger partial charge in [-0.25, -0.2) is 0 Å². The standard InChI is InChI=1S/C10H14N5O2.BF4/c1-15(2,3)7-8-4-5-9(12-13-11)6-10(8)14(16)17;2-1(3,4)5/h4-6H,7H2,1-3H3;/q+1;-1. The van der Waals surface area contributed by atoms with Crippen LogP contribution in [0.1, 0.15) is 5.56 Å². The van der Waals surface area contributed by atoms with E-state index in [1.165, 1.54) is 6.07 Å². The van der Waals surface area contributed by atoms with E-state index in [1.807, 2.05) is 21.1 Å². The van der Waals surface area contributed by atoms with E-state index in [4.69, 9.17) is 5.53 Å². The fourth-order valence-corrected chi connectivity index (χ4v) is 1.48. The number of hydrogen-bond donors (Lipinski definition) is 0. The Kier molecular flexibility index (Phi) is 6.81. The molecule has 0 saturated carbocycles. The van der Waals surface area contributed by atoms with Crippen LogP contribution in [0.4, 0.5) is 28.6 Å². The number of halogens is 4. The lowest BCUT2D eigenvalue weighted by atomic mass is 10.1. The van der Waals surface area contributed by atoms with E-state index in [-0.39, 0.29) is 11.4 Å². The highest BCUT2D eigenvalue weighted by atomic mass is 19.5. The van der Waals surface area contributed by atoms with Crippen molar-refractivity contribution >= 4 is 18.6 Å². The molecule has 0 aromatic heterocycles. The summed E-state index contributed by atoms with van der Waals surface area (Å²) in [6.07, 6.45) is 0. The molecular weight excluding hydrogens is 309 g/mol. The zero-order valence-corrected chi connectivity index (χ0v) is 12.1. The minimum absolute atomic E-state index is 0.0112. The van der Waals surface area contributed by atoms with E-state index in [0.717, 1.165) is 0 Å². The number of azide groups is 1.